The van der Waals surface area contributed by atoms with Crippen LogP contribution < -0.4 is 15.0 Å². The number of carbonyl (C=O) groups is 1. The molecule has 2 aliphatic heterocycles. The summed E-state index contributed by atoms with van der Waals surface area (Å²) in [6.45, 7) is 5.83. The SMILES string of the molecule is O=C(COc1ccc(CNCCN2CCCc3ccccc32)cc1)N1CCCC1. The molecule has 0 spiro atoms. The molecular weight excluding hydrogens is 362 g/mol. The minimum atomic E-state index is 0.0903. The highest BCUT2D eigenvalue weighted by Crippen LogP contribution is 2.26. The maximum Gasteiger partial charge on any atom is 0.260 e. The molecule has 0 saturated carbocycles. The van der Waals surface area contributed by atoms with Crippen LogP contribution in [0.4, 0.5) is 5.69 Å². The van der Waals surface area contributed by atoms with Gasteiger partial charge >= 0.3 is 0 Å². The van der Waals surface area contributed by atoms with Gasteiger partial charge in [0.2, 0.25) is 0 Å². The Kier molecular flexibility index (Phi) is 6.67. The summed E-state index contributed by atoms with van der Waals surface area (Å²) < 4.78 is 5.66. The summed E-state index contributed by atoms with van der Waals surface area (Å²) in [6.07, 6.45) is 4.65. The highest BCUT2D eigenvalue weighted by atomic mass is 16.5. The van der Waals surface area contributed by atoms with Gasteiger partial charge in [0.25, 0.3) is 5.91 Å². The molecular formula is C24H31N3O2. The number of aryl methyl sites for hydroxylation is 1. The number of likely N-dealkylation sites (tertiary alicyclic amines) is 1. The Labute approximate surface area is 173 Å². The van der Waals surface area contributed by atoms with Gasteiger partial charge in [0.15, 0.2) is 6.61 Å². The van der Waals surface area contributed by atoms with Gasteiger partial charge in [0.05, 0.1) is 0 Å². The average Bonchev–Trinajstić information content (AvgIpc) is 3.31. The van der Waals surface area contributed by atoms with E-state index >= 15 is 0 Å². The van der Waals surface area contributed by atoms with Gasteiger partial charge in [-0.15, -0.1) is 0 Å². The summed E-state index contributed by atoms with van der Waals surface area (Å²) in [5.74, 6) is 0.846. The quantitative estimate of drug-likeness (QED) is 0.700. The second kappa shape index (κ2) is 9.79. The van der Waals surface area contributed by atoms with E-state index in [1.807, 2.05) is 17.0 Å². The van der Waals surface area contributed by atoms with Gasteiger partial charge in [0.1, 0.15) is 5.75 Å². The van der Waals surface area contributed by atoms with E-state index in [-0.39, 0.29) is 12.5 Å². The third kappa shape index (κ3) is 5.30. The van der Waals surface area contributed by atoms with Crippen LogP contribution >= 0.6 is 0 Å². The first-order valence-corrected chi connectivity index (χ1v) is 10.8. The second-order valence-corrected chi connectivity index (χ2v) is 7.92. The summed E-state index contributed by atoms with van der Waals surface area (Å²) in [7, 11) is 0. The number of amides is 1. The van der Waals surface area contributed by atoms with Crippen LogP contribution in [0.15, 0.2) is 48.5 Å². The van der Waals surface area contributed by atoms with Gasteiger partial charge in [-0.05, 0) is 55.0 Å². The number of fused-ring (bicyclic) bond motifs is 1. The minimum absolute atomic E-state index is 0.0903. The van der Waals surface area contributed by atoms with Gasteiger partial charge in [0, 0.05) is 45.0 Å². The largest absolute Gasteiger partial charge is 0.484 e. The smallest absolute Gasteiger partial charge is 0.260 e. The van der Waals surface area contributed by atoms with Crippen LogP contribution in [0.1, 0.15) is 30.4 Å². The van der Waals surface area contributed by atoms with Crippen LogP contribution in [0.2, 0.25) is 0 Å². The fraction of sp³-hybridized carbons (Fsp3) is 0.458. The molecule has 5 nitrogen and oxygen atoms in total. The molecule has 0 radical (unpaired) electrons. The Morgan fingerprint density at radius 1 is 0.966 bits per heavy atom. The van der Waals surface area contributed by atoms with Gasteiger partial charge in [-0.3, -0.25) is 4.79 Å². The van der Waals surface area contributed by atoms with Gasteiger partial charge in [-0.1, -0.05) is 30.3 Å². The van der Waals surface area contributed by atoms with Gasteiger partial charge in [-0.2, -0.15) is 0 Å². The molecule has 1 fully saturated rings. The summed E-state index contributed by atoms with van der Waals surface area (Å²) in [5, 5.41) is 3.54. The molecule has 0 unspecified atom stereocenters. The molecule has 4 rings (SSSR count). The molecule has 0 bridgehead atoms. The first kappa shape index (κ1) is 19.8. The number of rotatable bonds is 8. The first-order chi connectivity index (χ1) is 14.3. The minimum Gasteiger partial charge on any atom is -0.484 e. The fourth-order valence-corrected chi connectivity index (χ4v) is 4.20. The summed E-state index contributed by atoms with van der Waals surface area (Å²) >= 11 is 0. The maximum atomic E-state index is 12.1. The third-order valence-electron chi connectivity index (χ3n) is 5.84. The molecule has 154 valence electrons. The lowest BCUT2D eigenvalue weighted by Crippen LogP contribution is -2.35. The van der Waals surface area contributed by atoms with Crippen molar-refractivity contribution in [3.63, 3.8) is 0 Å². The van der Waals surface area contributed by atoms with E-state index < -0.39 is 0 Å². The van der Waals surface area contributed by atoms with Crippen molar-refractivity contribution in [2.75, 3.05) is 44.2 Å². The number of para-hydroxylation sites is 1. The maximum absolute atomic E-state index is 12.1. The van der Waals surface area contributed by atoms with Crippen molar-refractivity contribution < 1.29 is 9.53 Å². The van der Waals surface area contributed by atoms with Crippen LogP contribution in [0.3, 0.4) is 0 Å². The standard InChI is InChI=1S/C24H31N3O2/c28-24(27-14-3-4-15-27)19-29-22-11-9-20(10-12-22)18-25-13-17-26-16-5-7-21-6-1-2-8-23(21)26/h1-2,6,8-12,25H,3-5,7,13-19H2. The van der Waals surface area contributed by atoms with Crippen molar-refractivity contribution in [2.45, 2.75) is 32.2 Å². The zero-order valence-corrected chi connectivity index (χ0v) is 17.1. The number of benzene rings is 2. The predicted molar refractivity (Wildman–Crippen MR) is 116 cm³/mol. The second-order valence-electron chi connectivity index (χ2n) is 7.92. The van der Waals surface area contributed by atoms with E-state index in [0.29, 0.717) is 0 Å². The molecule has 5 heteroatoms. The Morgan fingerprint density at radius 3 is 2.59 bits per heavy atom. The van der Waals surface area contributed by atoms with Gasteiger partial charge < -0.3 is 19.9 Å². The lowest BCUT2D eigenvalue weighted by atomic mass is 10.0. The summed E-state index contributed by atoms with van der Waals surface area (Å²) in [4.78, 5) is 16.4. The number of nitrogens with zero attached hydrogens (tertiary/aromatic N) is 2. The molecule has 0 aromatic heterocycles. The van der Waals surface area contributed by atoms with Crippen molar-refractivity contribution >= 4 is 11.6 Å². The van der Waals surface area contributed by atoms with E-state index in [2.05, 4.69) is 46.6 Å². The normalized spacial score (nSPS) is 16.0. The lowest BCUT2D eigenvalue weighted by molar-refractivity contribution is -0.132. The molecule has 1 N–H and O–H groups in total. The topological polar surface area (TPSA) is 44.8 Å². The molecule has 29 heavy (non-hydrogen) atoms. The lowest BCUT2D eigenvalue weighted by Gasteiger charge is -2.31. The Balaban J connectivity index is 1.17. The predicted octanol–water partition coefficient (Wildman–Crippen LogP) is 3.23. The van der Waals surface area contributed by atoms with Crippen molar-refractivity contribution in [1.82, 2.24) is 10.2 Å². The summed E-state index contributed by atoms with van der Waals surface area (Å²) in [5.41, 5.74) is 4.09. The van der Waals surface area contributed by atoms with Crippen LogP contribution in [-0.2, 0) is 17.8 Å². The monoisotopic (exact) mass is 393 g/mol. The van der Waals surface area contributed by atoms with Crippen molar-refractivity contribution in [1.29, 1.82) is 0 Å². The molecule has 2 aromatic carbocycles. The molecule has 2 aliphatic rings. The van der Waals surface area contributed by atoms with E-state index in [0.717, 1.165) is 57.9 Å². The zero-order chi connectivity index (χ0) is 19.9. The Hall–Kier alpha value is -2.53. The van der Waals surface area contributed by atoms with Crippen LogP contribution in [0, 0.1) is 0 Å². The third-order valence-corrected chi connectivity index (χ3v) is 5.84. The average molecular weight is 394 g/mol. The highest BCUT2D eigenvalue weighted by molar-refractivity contribution is 5.78. The molecule has 2 aromatic rings. The number of anilines is 1. The molecule has 1 amide bonds. The summed E-state index contributed by atoms with van der Waals surface area (Å²) in [6, 6.07) is 16.8. The number of nitrogens with one attached hydrogen (secondary N) is 1. The fourth-order valence-electron chi connectivity index (χ4n) is 4.20. The van der Waals surface area contributed by atoms with E-state index in [1.165, 1.54) is 29.7 Å². The van der Waals surface area contributed by atoms with Gasteiger partial charge in [-0.25, -0.2) is 0 Å². The van der Waals surface area contributed by atoms with Crippen LogP contribution in [0.5, 0.6) is 5.75 Å². The van der Waals surface area contributed by atoms with E-state index in [1.54, 1.807) is 0 Å². The van der Waals surface area contributed by atoms with E-state index in [9.17, 15) is 4.79 Å². The molecule has 0 atom stereocenters. The van der Waals surface area contributed by atoms with Crippen molar-refractivity contribution in [2.24, 2.45) is 0 Å². The van der Waals surface area contributed by atoms with Crippen molar-refractivity contribution in [3.05, 3.63) is 59.7 Å². The Morgan fingerprint density at radius 2 is 1.76 bits per heavy atom. The first-order valence-electron chi connectivity index (χ1n) is 10.8. The van der Waals surface area contributed by atoms with Crippen LogP contribution in [0.25, 0.3) is 0 Å². The highest BCUT2D eigenvalue weighted by Gasteiger charge is 2.18. The van der Waals surface area contributed by atoms with Crippen LogP contribution in [-0.4, -0.2) is 50.1 Å². The molecule has 2 heterocycles. The Bertz CT molecular complexity index is 800. The number of hydrogen-bond acceptors (Lipinski definition) is 4. The molecule has 0 aliphatic carbocycles. The van der Waals surface area contributed by atoms with Crippen molar-refractivity contribution in [3.8, 4) is 5.75 Å². The molecule has 1 saturated heterocycles. The number of ether oxygens (including phenoxy) is 1. The van der Waals surface area contributed by atoms with E-state index in [4.69, 9.17) is 4.74 Å². The number of hydrogen-bond donors (Lipinski definition) is 1. The number of carbonyl (C=O) groups excluding carboxylic acids is 1. The zero-order valence-electron chi connectivity index (χ0n) is 17.1.